The highest BCUT2D eigenvalue weighted by Gasteiger charge is 2.55. The van der Waals surface area contributed by atoms with Crippen LogP contribution in [0, 0.1) is 23.2 Å². The lowest BCUT2D eigenvalue weighted by Crippen LogP contribution is -2.55. The van der Waals surface area contributed by atoms with Crippen LogP contribution in [-0.2, 0) is 21.5 Å². The summed E-state index contributed by atoms with van der Waals surface area (Å²) in [5.74, 6) is 2.77. The lowest BCUT2D eigenvalue weighted by atomic mass is 9.49. The summed E-state index contributed by atoms with van der Waals surface area (Å²) in [5, 5.41) is 0. The van der Waals surface area contributed by atoms with E-state index in [0.29, 0.717) is 18.2 Å². The lowest BCUT2D eigenvalue weighted by Gasteiger charge is -2.57. The number of nitrogens with zero attached hydrogens (tertiary/aromatic N) is 1. The summed E-state index contributed by atoms with van der Waals surface area (Å²) in [6, 6.07) is 7.32. The van der Waals surface area contributed by atoms with Crippen LogP contribution in [0.3, 0.4) is 0 Å². The number of carbonyl (C=O) groups excluding carboxylic acids is 1. The van der Waals surface area contributed by atoms with Gasteiger partial charge in [-0.3, -0.25) is 4.79 Å². The summed E-state index contributed by atoms with van der Waals surface area (Å²) >= 11 is 0. The Bertz CT molecular complexity index is 859. The van der Waals surface area contributed by atoms with Gasteiger partial charge in [-0.15, -0.1) is 0 Å². The molecule has 4 fully saturated rings. The second-order valence-electron chi connectivity index (χ2n) is 9.97. The number of carbonyl (C=O) groups is 1. The molecule has 1 aromatic carbocycles. The molecule has 0 aliphatic heterocycles. The zero-order valence-electron chi connectivity index (χ0n) is 18.5. The second kappa shape index (κ2) is 8.18. The summed E-state index contributed by atoms with van der Waals surface area (Å²) in [6.07, 6.45) is 8.04. The van der Waals surface area contributed by atoms with E-state index < -0.39 is 10.1 Å². The number of rotatable bonds is 8. The van der Waals surface area contributed by atoms with Crippen molar-refractivity contribution in [2.75, 3.05) is 5.75 Å². The fraction of sp³-hybridized carbons (Fsp3) is 0.708. The molecule has 1 atom stereocenters. The van der Waals surface area contributed by atoms with Crippen molar-refractivity contribution in [3.8, 4) is 5.75 Å². The van der Waals surface area contributed by atoms with Crippen LogP contribution >= 0.6 is 0 Å². The molecular weight excluding hydrogens is 398 g/mol. The Kier molecular flexibility index (Phi) is 5.90. The summed E-state index contributed by atoms with van der Waals surface area (Å²) < 4.78 is 28.9. The molecule has 5 rings (SSSR count). The number of benzene rings is 1. The highest BCUT2D eigenvalue weighted by Crippen LogP contribution is 2.60. The first-order valence-electron chi connectivity index (χ1n) is 11.6. The van der Waals surface area contributed by atoms with Crippen LogP contribution in [0.5, 0.6) is 5.75 Å². The molecule has 4 bridgehead atoms. The molecule has 4 aliphatic rings. The van der Waals surface area contributed by atoms with Crippen LogP contribution in [0.4, 0.5) is 0 Å². The van der Waals surface area contributed by atoms with E-state index in [4.69, 9.17) is 4.18 Å². The zero-order chi connectivity index (χ0) is 21.5. The molecular formula is C24H35NO4S. The molecule has 0 heterocycles. The maximum Gasteiger partial charge on any atom is 0.308 e. The third-order valence-corrected chi connectivity index (χ3v) is 8.86. The Balaban J connectivity index is 1.56. The molecule has 30 heavy (non-hydrogen) atoms. The van der Waals surface area contributed by atoms with Crippen molar-refractivity contribution in [1.29, 1.82) is 0 Å². The van der Waals surface area contributed by atoms with Gasteiger partial charge in [-0.25, -0.2) is 0 Å². The molecule has 1 unspecified atom stereocenters. The monoisotopic (exact) mass is 433 g/mol. The first-order chi connectivity index (χ1) is 14.2. The molecule has 0 aromatic heterocycles. The number of amides is 1. The molecule has 1 amide bonds. The molecule has 4 saturated carbocycles. The van der Waals surface area contributed by atoms with E-state index in [1.807, 2.05) is 6.07 Å². The first-order valence-corrected chi connectivity index (χ1v) is 13.1. The summed E-state index contributed by atoms with van der Waals surface area (Å²) in [6.45, 7) is 6.31. The van der Waals surface area contributed by atoms with Crippen molar-refractivity contribution in [3.63, 3.8) is 0 Å². The van der Waals surface area contributed by atoms with Crippen LogP contribution < -0.4 is 4.18 Å². The van der Waals surface area contributed by atoms with Gasteiger partial charge in [-0.1, -0.05) is 19.1 Å². The predicted molar refractivity (Wildman–Crippen MR) is 117 cm³/mol. The van der Waals surface area contributed by atoms with Crippen molar-refractivity contribution >= 4 is 16.0 Å². The average molecular weight is 434 g/mol. The Morgan fingerprint density at radius 1 is 1.13 bits per heavy atom. The van der Waals surface area contributed by atoms with Gasteiger partial charge in [-0.2, -0.15) is 8.42 Å². The van der Waals surface area contributed by atoms with Crippen LogP contribution in [0.1, 0.15) is 71.3 Å². The largest absolute Gasteiger partial charge is 0.382 e. The van der Waals surface area contributed by atoms with E-state index in [9.17, 15) is 13.2 Å². The normalized spacial score (nSPS) is 30.8. The van der Waals surface area contributed by atoms with Gasteiger partial charge in [-0.05, 0) is 94.2 Å². The molecule has 4 aliphatic carbocycles. The van der Waals surface area contributed by atoms with Gasteiger partial charge < -0.3 is 9.08 Å². The Morgan fingerprint density at radius 3 is 2.27 bits per heavy atom. The maximum atomic E-state index is 14.0. The van der Waals surface area contributed by atoms with E-state index in [-0.39, 0.29) is 17.2 Å². The van der Waals surface area contributed by atoms with Crippen molar-refractivity contribution in [3.05, 3.63) is 29.8 Å². The van der Waals surface area contributed by atoms with E-state index in [1.165, 1.54) is 19.3 Å². The topological polar surface area (TPSA) is 63.7 Å². The Labute approximate surface area is 181 Å². The van der Waals surface area contributed by atoms with Gasteiger partial charge in [0.1, 0.15) is 5.75 Å². The third kappa shape index (κ3) is 4.25. The van der Waals surface area contributed by atoms with Crippen LogP contribution in [0.25, 0.3) is 0 Å². The summed E-state index contributed by atoms with van der Waals surface area (Å²) in [4.78, 5) is 16.0. The minimum atomic E-state index is -3.57. The summed E-state index contributed by atoms with van der Waals surface area (Å²) in [5.41, 5.74) is 0.745. The zero-order valence-corrected chi connectivity index (χ0v) is 19.3. The molecule has 0 radical (unpaired) electrons. The molecule has 0 saturated heterocycles. The smallest absolute Gasteiger partial charge is 0.308 e. The van der Waals surface area contributed by atoms with Gasteiger partial charge in [0.05, 0.1) is 11.2 Å². The fourth-order valence-corrected chi connectivity index (χ4v) is 6.94. The SMILES string of the molecule is CCC(C)N(Cc1cccc(OS(=O)(=O)CC)c1)C(=O)C12CC3CC(CC(C3)C1)C2. The molecule has 6 heteroatoms. The first kappa shape index (κ1) is 21.7. The van der Waals surface area contributed by atoms with Crippen molar-refractivity contribution in [2.24, 2.45) is 23.2 Å². The lowest BCUT2D eigenvalue weighted by molar-refractivity contribution is -0.160. The van der Waals surface area contributed by atoms with Crippen molar-refractivity contribution in [1.82, 2.24) is 4.90 Å². The van der Waals surface area contributed by atoms with Crippen LogP contribution in [0.15, 0.2) is 24.3 Å². The van der Waals surface area contributed by atoms with Gasteiger partial charge in [0.15, 0.2) is 0 Å². The van der Waals surface area contributed by atoms with Crippen LogP contribution in [-0.4, -0.2) is 31.0 Å². The van der Waals surface area contributed by atoms with Gasteiger partial charge >= 0.3 is 10.1 Å². The second-order valence-corrected chi connectivity index (χ2v) is 11.8. The minimum Gasteiger partial charge on any atom is -0.382 e. The summed E-state index contributed by atoms with van der Waals surface area (Å²) in [7, 11) is -3.57. The minimum absolute atomic E-state index is 0.0687. The molecule has 166 valence electrons. The standard InChI is InChI=1S/C24H35NO4S/c1-4-17(3)25(16-18-7-6-8-22(12-18)29-30(27,28)5-2)23(26)24-13-19-9-20(14-24)11-21(10-19)15-24/h6-8,12,17,19-21H,4-5,9-11,13-16H2,1-3H3. The number of hydrogen-bond donors (Lipinski definition) is 0. The molecule has 1 aromatic rings. The fourth-order valence-electron chi connectivity index (χ4n) is 6.42. The maximum absolute atomic E-state index is 14.0. The van der Waals surface area contributed by atoms with E-state index >= 15 is 0 Å². The quantitative estimate of drug-likeness (QED) is 0.555. The molecule has 0 N–H and O–H groups in total. The highest BCUT2D eigenvalue weighted by molar-refractivity contribution is 7.87. The van der Waals surface area contributed by atoms with E-state index in [1.54, 1.807) is 25.1 Å². The number of hydrogen-bond acceptors (Lipinski definition) is 4. The highest BCUT2D eigenvalue weighted by atomic mass is 32.2. The van der Waals surface area contributed by atoms with Crippen molar-refractivity contribution in [2.45, 2.75) is 78.3 Å². The van der Waals surface area contributed by atoms with E-state index in [0.717, 1.165) is 49.0 Å². The Hall–Kier alpha value is -1.56. The third-order valence-electron chi connectivity index (χ3n) is 7.70. The average Bonchev–Trinajstić information content (AvgIpc) is 2.70. The van der Waals surface area contributed by atoms with Crippen LogP contribution in [0.2, 0.25) is 0 Å². The molecule has 0 spiro atoms. The van der Waals surface area contributed by atoms with E-state index in [2.05, 4.69) is 18.7 Å². The van der Waals surface area contributed by atoms with Crippen molar-refractivity contribution < 1.29 is 17.4 Å². The Morgan fingerprint density at radius 2 is 1.73 bits per heavy atom. The van der Waals surface area contributed by atoms with Gasteiger partial charge in [0, 0.05) is 12.6 Å². The van der Waals surface area contributed by atoms with Gasteiger partial charge in [0.2, 0.25) is 5.91 Å². The van der Waals surface area contributed by atoms with Gasteiger partial charge in [0.25, 0.3) is 0 Å². The molecule has 5 nitrogen and oxygen atoms in total. The predicted octanol–water partition coefficient (Wildman–Crippen LogP) is 4.76.